The Morgan fingerprint density at radius 3 is 2.40 bits per heavy atom. The second kappa shape index (κ2) is 11.4. The van der Waals surface area contributed by atoms with E-state index in [4.69, 9.17) is 4.74 Å². The second-order valence-corrected chi connectivity index (χ2v) is 13.5. The van der Waals surface area contributed by atoms with Crippen LogP contribution in [0.1, 0.15) is 66.4 Å². The quantitative estimate of drug-likeness (QED) is 0.338. The van der Waals surface area contributed by atoms with E-state index in [1.165, 1.54) is 4.90 Å². The molecule has 1 N–H and O–H groups in total. The highest BCUT2D eigenvalue weighted by molar-refractivity contribution is 7.89. The van der Waals surface area contributed by atoms with Crippen molar-refractivity contribution in [3.8, 4) is 5.75 Å². The van der Waals surface area contributed by atoms with Gasteiger partial charge in [0.15, 0.2) is 5.69 Å². The number of halogens is 7. The summed E-state index contributed by atoms with van der Waals surface area (Å²) >= 11 is 0.814. The third-order valence-corrected chi connectivity index (χ3v) is 10.2. The second-order valence-electron chi connectivity index (χ2n) is 10.6. The fourth-order valence-electron chi connectivity index (χ4n) is 5.18. The molecule has 0 saturated heterocycles. The fourth-order valence-corrected chi connectivity index (χ4v) is 7.41. The number of fused-ring (bicyclic) bond motifs is 1. The van der Waals surface area contributed by atoms with Crippen molar-refractivity contribution >= 4 is 33.0 Å². The molecule has 1 aliphatic heterocycles. The van der Waals surface area contributed by atoms with Gasteiger partial charge in [-0.1, -0.05) is 0 Å². The molecule has 2 aliphatic rings. The van der Waals surface area contributed by atoms with E-state index in [1.807, 2.05) is 0 Å². The van der Waals surface area contributed by atoms with Crippen molar-refractivity contribution in [3.63, 3.8) is 0 Å². The predicted molar refractivity (Wildman–Crippen MR) is 138 cm³/mol. The number of rotatable bonds is 8. The zero-order chi connectivity index (χ0) is 31.3. The lowest BCUT2D eigenvalue weighted by molar-refractivity contribution is -0.139. The van der Waals surface area contributed by atoms with Crippen LogP contribution in [0.5, 0.6) is 5.75 Å². The molecule has 8 nitrogen and oxygen atoms in total. The van der Waals surface area contributed by atoms with E-state index in [0.29, 0.717) is 19.1 Å². The predicted octanol–water partition coefficient (Wildman–Crippen LogP) is 6.26. The monoisotopic (exact) mass is 647 g/mol. The number of alkyl halides is 7. The Kier molecular flexibility index (Phi) is 8.79. The van der Waals surface area contributed by atoms with Gasteiger partial charge in [0.05, 0.1) is 21.6 Å². The summed E-state index contributed by atoms with van der Waals surface area (Å²) in [5.41, 5.74) is -1.04. The molecule has 1 aromatic heterocycles. The summed E-state index contributed by atoms with van der Waals surface area (Å²) in [5, 5.41) is 9.25. The number of aromatic nitrogens is 1. The lowest BCUT2D eigenvalue weighted by Gasteiger charge is -2.40. The van der Waals surface area contributed by atoms with Crippen molar-refractivity contribution < 1.29 is 53.8 Å². The Bertz CT molecular complexity index is 1420. The van der Waals surface area contributed by atoms with Gasteiger partial charge in [-0.3, -0.25) is 0 Å². The van der Waals surface area contributed by atoms with Crippen molar-refractivity contribution in [3.05, 3.63) is 33.8 Å². The molecule has 1 fully saturated rings. The summed E-state index contributed by atoms with van der Waals surface area (Å²) in [6, 6.07) is -0.639. The topological polar surface area (TPSA) is 100 Å². The maximum atomic E-state index is 14.3. The number of carboxylic acids is 1. The molecule has 17 heteroatoms. The lowest BCUT2D eigenvalue weighted by atomic mass is 9.90. The first-order valence-electron chi connectivity index (χ1n) is 12.8. The van der Waals surface area contributed by atoms with Crippen molar-refractivity contribution in [2.45, 2.75) is 87.1 Å². The molecule has 42 heavy (non-hydrogen) atoms. The number of sulfonamides is 1. The molecule has 4 rings (SSSR count). The standard InChI is InChI=1S/C25H28F7N3O5S2/c1-23(26,27)6-3-15-11-35(14-4-7-24(28,29)8-5-14)17-9-16(25(30,31)32)18(10-20(17)42(38,39)34(15)2)40-12-19-21(22(36)37)33-13-41-19/h9-10,13-15H,3-8,11-12H2,1-2H3,(H,36,37)/t15-/m0/s1. The molecule has 0 spiro atoms. The number of thiazole rings is 1. The minimum Gasteiger partial charge on any atom is -0.487 e. The summed E-state index contributed by atoms with van der Waals surface area (Å²) in [6.07, 6.45) is -7.58. The Morgan fingerprint density at radius 1 is 1.19 bits per heavy atom. The van der Waals surface area contributed by atoms with E-state index >= 15 is 0 Å². The lowest BCUT2D eigenvalue weighted by Crippen LogP contribution is -2.47. The number of likely N-dealkylation sites (N-methyl/N-ethyl adjacent to an activating group) is 1. The molecule has 1 atom stereocenters. The number of hydrogen-bond donors (Lipinski definition) is 1. The fraction of sp³-hybridized carbons (Fsp3) is 0.600. The van der Waals surface area contributed by atoms with Crippen molar-refractivity contribution in [2.75, 3.05) is 18.5 Å². The molecule has 0 bridgehead atoms. The van der Waals surface area contributed by atoms with Crippen LogP contribution in [0.15, 0.2) is 22.5 Å². The van der Waals surface area contributed by atoms with Gasteiger partial charge in [0.2, 0.25) is 21.9 Å². The average molecular weight is 648 g/mol. The van der Waals surface area contributed by atoms with Crippen LogP contribution in [0.25, 0.3) is 0 Å². The first-order chi connectivity index (χ1) is 19.3. The van der Waals surface area contributed by atoms with Crippen LogP contribution in [0.3, 0.4) is 0 Å². The van der Waals surface area contributed by atoms with Crippen LogP contribution in [-0.2, 0) is 22.8 Å². The van der Waals surface area contributed by atoms with Gasteiger partial charge < -0.3 is 14.7 Å². The van der Waals surface area contributed by atoms with Crippen LogP contribution < -0.4 is 9.64 Å². The summed E-state index contributed by atoms with van der Waals surface area (Å²) in [7, 11) is -3.47. The molecule has 1 aliphatic carbocycles. The first kappa shape index (κ1) is 32.3. The van der Waals surface area contributed by atoms with E-state index in [1.54, 1.807) is 0 Å². The number of carboxylic acid groups (broad SMARTS) is 1. The number of ether oxygens (including phenoxy) is 1. The molecule has 1 aromatic carbocycles. The maximum Gasteiger partial charge on any atom is 0.420 e. The maximum absolute atomic E-state index is 14.3. The normalized spacial score (nSPS) is 21.5. The number of benzene rings is 1. The molecule has 234 valence electrons. The van der Waals surface area contributed by atoms with E-state index in [2.05, 4.69) is 4.98 Å². The molecular formula is C25H28F7N3O5S2. The summed E-state index contributed by atoms with van der Waals surface area (Å²) < 4.78 is 132. The van der Waals surface area contributed by atoms with Crippen LogP contribution in [-0.4, -0.2) is 66.3 Å². The Balaban J connectivity index is 1.84. The van der Waals surface area contributed by atoms with Gasteiger partial charge in [-0.15, -0.1) is 11.3 Å². The van der Waals surface area contributed by atoms with Gasteiger partial charge in [-0.2, -0.15) is 17.5 Å². The highest BCUT2D eigenvalue weighted by atomic mass is 32.2. The Hall–Kier alpha value is -2.66. The Labute approximate surface area is 241 Å². The molecule has 0 radical (unpaired) electrons. The van der Waals surface area contributed by atoms with Crippen LogP contribution in [0.2, 0.25) is 0 Å². The number of nitrogens with zero attached hydrogens (tertiary/aromatic N) is 3. The van der Waals surface area contributed by atoms with E-state index < -0.39 is 99.6 Å². The highest BCUT2D eigenvalue weighted by Crippen LogP contribution is 2.46. The van der Waals surface area contributed by atoms with Gasteiger partial charge in [0.25, 0.3) is 0 Å². The van der Waals surface area contributed by atoms with Gasteiger partial charge in [0.1, 0.15) is 17.3 Å². The number of aromatic carboxylic acids is 1. The van der Waals surface area contributed by atoms with Crippen molar-refractivity contribution in [1.29, 1.82) is 0 Å². The number of hydrogen-bond acceptors (Lipinski definition) is 7. The molecular weight excluding hydrogens is 619 g/mol. The van der Waals surface area contributed by atoms with Crippen LogP contribution >= 0.6 is 11.3 Å². The first-order valence-corrected chi connectivity index (χ1v) is 15.2. The zero-order valence-corrected chi connectivity index (χ0v) is 24.1. The summed E-state index contributed by atoms with van der Waals surface area (Å²) in [6.45, 7) is -0.304. The third-order valence-electron chi connectivity index (χ3n) is 7.50. The summed E-state index contributed by atoms with van der Waals surface area (Å²) in [4.78, 5) is 15.7. The minimum atomic E-state index is -5.06. The van der Waals surface area contributed by atoms with Crippen molar-refractivity contribution in [2.24, 2.45) is 0 Å². The van der Waals surface area contributed by atoms with Crippen LogP contribution in [0, 0.1) is 0 Å². The third kappa shape index (κ3) is 6.93. The zero-order valence-electron chi connectivity index (χ0n) is 22.4. The molecule has 2 aromatic rings. The largest absolute Gasteiger partial charge is 0.487 e. The highest BCUT2D eigenvalue weighted by Gasteiger charge is 2.45. The summed E-state index contributed by atoms with van der Waals surface area (Å²) in [5.74, 6) is -8.49. The molecule has 0 unspecified atom stereocenters. The number of anilines is 1. The van der Waals surface area contributed by atoms with E-state index in [-0.39, 0.29) is 30.7 Å². The van der Waals surface area contributed by atoms with Gasteiger partial charge in [0, 0.05) is 51.0 Å². The molecule has 1 saturated carbocycles. The average Bonchev–Trinajstić information content (AvgIpc) is 3.32. The van der Waals surface area contributed by atoms with Gasteiger partial charge >= 0.3 is 12.1 Å². The van der Waals surface area contributed by atoms with Gasteiger partial charge in [-0.25, -0.2) is 35.8 Å². The van der Waals surface area contributed by atoms with E-state index in [9.17, 15) is 49.1 Å². The van der Waals surface area contributed by atoms with Gasteiger partial charge in [-0.05, 0) is 32.3 Å². The number of carbonyl (C=O) groups is 1. The Morgan fingerprint density at radius 2 is 1.83 bits per heavy atom. The van der Waals surface area contributed by atoms with E-state index in [0.717, 1.165) is 28.2 Å². The SMILES string of the molecule is CN1[C@@H](CCC(C)(F)F)CN(C2CCC(F)(F)CC2)c2cc(C(F)(F)F)c(OCc3scnc3C(=O)O)cc2S1(=O)=O. The van der Waals surface area contributed by atoms with Crippen molar-refractivity contribution in [1.82, 2.24) is 9.29 Å². The van der Waals surface area contributed by atoms with Crippen LogP contribution in [0.4, 0.5) is 36.4 Å². The molecule has 2 heterocycles. The minimum absolute atomic E-state index is 0.0177. The molecule has 0 amide bonds. The smallest absolute Gasteiger partial charge is 0.420 e.